The number of nitrogens with zero attached hydrogens (tertiary/aromatic N) is 1. The van der Waals surface area contributed by atoms with Crippen LogP contribution in [0.5, 0.6) is 0 Å². The lowest BCUT2D eigenvalue weighted by atomic mass is 10.1. The van der Waals surface area contributed by atoms with Crippen LogP contribution in [0.2, 0.25) is 0 Å². The number of aromatic nitrogens is 2. The van der Waals surface area contributed by atoms with Crippen LogP contribution in [0.3, 0.4) is 0 Å². The van der Waals surface area contributed by atoms with Gasteiger partial charge < -0.3 is 10.6 Å². The Bertz CT molecular complexity index is 1010. The molecule has 0 aliphatic heterocycles. The van der Waals surface area contributed by atoms with Gasteiger partial charge in [0.15, 0.2) is 0 Å². The zero-order valence-electron chi connectivity index (χ0n) is 15.9. The van der Waals surface area contributed by atoms with Crippen LogP contribution in [0, 0.1) is 11.6 Å². The number of hydrogen-bond acceptors (Lipinski definition) is 3. The second kappa shape index (κ2) is 7.80. The largest absolute Gasteiger partial charge is 0.381 e. The van der Waals surface area contributed by atoms with Crippen LogP contribution in [0.4, 0.5) is 14.5 Å². The van der Waals surface area contributed by atoms with Crippen LogP contribution >= 0.6 is 0 Å². The number of nitrogens with one attached hydrogen (secondary N) is 3. The van der Waals surface area contributed by atoms with Gasteiger partial charge in [0, 0.05) is 35.3 Å². The van der Waals surface area contributed by atoms with E-state index in [4.69, 9.17) is 0 Å². The molecule has 0 aliphatic rings. The summed E-state index contributed by atoms with van der Waals surface area (Å²) in [6.07, 6.45) is 3.09. The maximum atomic E-state index is 13.3. The number of halogens is 2. The quantitative estimate of drug-likeness (QED) is 0.572. The van der Waals surface area contributed by atoms with E-state index in [0.29, 0.717) is 11.3 Å². The maximum absolute atomic E-state index is 13.3. The van der Waals surface area contributed by atoms with E-state index in [9.17, 15) is 13.6 Å². The van der Waals surface area contributed by atoms with Gasteiger partial charge in [-0.15, -0.1) is 0 Å². The summed E-state index contributed by atoms with van der Waals surface area (Å²) in [6, 6.07) is 8.98. The number of fused-ring (bicyclic) bond motifs is 1. The molecular formula is C21H22F2N4O. The Hall–Kier alpha value is -3.22. The highest BCUT2D eigenvalue weighted by Gasteiger charge is 2.12. The summed E-state index contributed by atoms with van der Waals surface area (Å²) in [5.74, 6) is -1.42. The maximum Gasteiger partial charge on any atom is 0.244 e. The van der Waals surface area contributed by atoms with Gasteiger partial charge in [0.05, 0.1) is 11.2 Å². The van der Waals surface area contributed by atoms with Gasteiger partial charge in [-0.1, -0.05) is 0 Å². The number of amides is 1. The van der Waals surface area contributed by atoms with Gasteiger partial charge in [0.2, 0.25) is 5.91 Å². The monoisotopic (exact) mass is 384 g/mol. The minimum atomic E-state index is -0.608. The summed E-state index contributed by atoms with van der Waals surface area (Å²) in [5, 5.41) is 14.0. The van der Waals surface area contributed by atoms with Crippen molar-refractivity contribution in [3.05, 3.63) is 65.4 Å². The zero-order chi connectivity index (χ0) is 20.3. The van der Waals surface area contributed by atoms with Crippen LogP contribution in [0.25, 0.3) is 17.0 Å². The van der Waals surface area contributed by atoms with E-state index in [0.717, 1.165) is 22.7 Å². The lowest BCUT2D eigenvalue weighted by Crippen LogP contribution is -2.39. The predicted octanol–water partition coefficient (Wildman–Crippen LogP) is 4.38. The molecule has 1 heterocycles. The van der Waals surface area contributed by atoms with Crippen LogP contribution in [-0.2, 0) is 11.3 Å². The Balaban J connectivity index is 1.75. The average Bonchev–Trinajstić information content (AvgIpc) is 2.98. The van der Waals surface area contributed by atoms with Gasteiger partial charge in [0.1, 0.15) is 11.6 Å². The molecule has 0 bridgehead atoms. The van der Waals surface area contributed by atoms with Crippen molar-refractivity contribution in [3.8, 4) is 0 Å². The van der Waals surface area contributed by atoms with Gasteiger partial charge in [-0.05, 0) is 62.7 Å². The summed E-state index contributed by atoms with van der Waals surface area (Å²) in [6.45, 7) is 6.00. The minimum absolute atomic E-state index is 0.203. The van der Waals surface area contributed by atoms with Crippen molar-refractivity contribution >= 4 is 28.6 Å². The number of hydrogen-bond donors (Lipinski definition) is 3. The van der Waals surface area contributed by atoms with Crippen molar-refractivity contribution in [2.45, 2.75) is 32.9 Å². The van der Waals surface area contributed by atoms with Gasteiger partial charge in [-0.2, -0.15) is 5.10 Å². The first kappa shape index (κ1) is 19.5. The molecule has 0 fully saturated rings. The van der Waals surface area contributed by atoms with E-state index in [2.05, 4.69) is 20.8 Å². The topological polar surface area (TPSA) is 69.8 Å². The van der Waals surface area contributed by atoms with E-state index in [1.807, 2.05) is 39.0 Å². The van der Waals surface area contributed by atoms with Crippen LogP contribution in [-0.4, -0.2) is 21.6 Å². The van der Waals surface area contributed by atoms with E-state index in [-0.39, 0.29) is 18.0 Å². The lowest BCUT2D eigenvalue weighted by molar-refractivity contribution is -0.117. The zero-order valence-corrected chi connectivity index (χ0v) is 15.9. The first-order valence-electron chi connectivity index (χ1n) is 8.87. The lowest BCUT2D eigenvalue weighted by Gasteiger charge is -2.18. The summed E-state index contributed by atoms with van der Waals surface area (Å²) < 4.78 is 26.6. The van der Waals surface area contributed by atoms with Crippen molar-refractivity contribution in [2.75, 3.05) is 5.32 Å². The SMILES string of the molecule is CC(C)(C)NC(=O)C=Cc1n[nH]c2ccc(NCc3cc(F)cc(F)c3)cc12. The predicted molar refractivity (Wildman–Crippen MR) is 107 cm³/mol. The third-order valence-corrected chi connectivity index (χ3v) is 3.90. The first-order chi connectivity index (χ1) is 13.2. The van der Waals surface area contributed by atoms with Gasteiger partial charge in [-0.3, -0.25) is 9.89 Å². The molecule has 5 nitrogen and oxygen atoms in total. The first-order valence-corrected chi connectivity index (χ1v) is 8.87. The molecule has 0 saturated carbocycles. The highest BCUT2D eigenvalue weighted by atomic mass is 19.1. The average molecular weight is 384 g/mol. The smallest absolute Gasteiger partial charge is 0.244 e. The van der Waals surface area contributed by atoms with Gasteiger partial charge >= 0.3 is 0 Å². The van der Waals surface area contributed by atoms with Crippen LogP contribution < -0.4 is 10.6 Å². The Kier molecular flexibility index (Phi) is 5.44. The molecule has 0 aliphatic carbocycles. The molecule has 0 saturated heterocycles. The fourth-order valence-corrected chi connectivity index (χ4v) is 2.75. The van der Waals surface area contributed by atoms with Crippen molar-refractivity contribution in [2.24, 2.45) is 0 Å². The minimum Gasteiger partial charge on any atom is -0.381 e. The summed E-state index contributed by atoms with van der Waals surface area (Å²) in [7, 11) is 0. The molecule has 0 spiro atoms. The molecule has 3 rings (SSSR count). The van der Waals surface area contributed by atoms with Crippen molar-refractivity contribution in [1.82, 2.24) is 15.5 Å². The number of benzene rings is 2. The van der Waals surface area contributed by atoms with Gasteiger partial charge in [0.25, 0.3) is 0 Å². The van der Waals surface area contributed by atoms with Crippen molar-refractivity contribution in [3.63, 3.8) is 0 Å². The molecule has 3 aromatic rings. The molecule has 1 aromatic heterocycles. The normalized spacial score (nSPS) is 11.9. The second-order valence-electron chi connectivity index (χ2n) is 7.57. The third kappa shape index (κ3) is 5.16. The fourth-order valence-electron chi connectivity index (χ4n) is 2.75. The Morgan fingerprint density at radius 3 is 2.54 bits per heavy atom. The highest BCUT2D eigenvalue weighted by Crippen LogP contribution is 2.22. The molecule has 146 valence electrons. The standard InChI is InChI=1S/C21H22F2N4O/c1-21(2,3)25-20(28)7-6-19-17-11-16(4-5-18(17)26-27-19)24-12-13-8-14(22)10-15(23)9-13/h4-11,24H,12H2,1-3H3,(H,25,28)(H,26,27). The van der Waals surface area contributed by atoms with Gasteiger partial charge in [-0.25, -0.2) is 8.78 Å². The van der Waals surface area contributed by atoms with E-state index in [1.165, 1.54) is 18.2 Å². The number of anilines is 1. The summed E-state index contributed by atoms with van der Waals surface area (Å²) >= 11 is 0. The number of rotatable bonds is 5. The molecule has 3 N–H and O–H groups in total. The Labute approximate surface area is 161 Å². The highest BCUT2D eigenvalue weighted by molar-refractivity contribution is 5.96. The summed E-state index contributed by atoms with van der Waals surface area (Å²) in [4.78, 5) is 12.0. The Morgan fingerprint density at radius 2 is 1.86 bits per heavy atom. The number of aromatic amines is 1. The third-order valence-electron chi connectivity index (χ3n) is 3.90. The van der Waals surface area contributed by atoms with Crippen LogP contribution in [0.1, 0.15) is 32.0 Å². The number of carbonyl (C=O) groups excluding carboxylic acids is 1. The Morgan fingerprint density at radius 1 is 1.14 bits per heavy atom. The second-order valence-corrected chi connectivity index (χ2v) is 7.57. The molecule has 2 aromatic carbocycles. The van der Waals surface area contributed by atoms with E-state index >= 15 is 0 Å². The van der Waals surface area contributed by atoms with E-state index in [1.54, 1.807) is 6.08 Å². The number of H-pyrrole nitrogens is 1. The molecular weight excluding hydrogens is 362 g/mol. The molecule has 0 radical (unpaired) electrons. The van der Waals surface area contributed by atoms with Crippen molar-refractivity contribution < 1.29 is 13.6 Å². The van der Waals surface area contributed by atoms with Crippen molar-refractivity contribution in [1.29, 1.82) is 0 Å². The van der Waals surface area contributed by atoms with Crippen LogP contribution in [0.15, 0.2) is 42.5 Å². The fraction of sp³-hybridized carbons (Fsp3) is 0.238. The molecule has 28 heavy (non-hydrogen) atoms. The molecule has 7 heteroatoms. The number of carbonyl (C=O) groups is 1. The summed E-state index contributed by atoms with van der Waals surface area (Å²) in [5.41, 5.74) is 2.40. The van der Waals surface area contributed by atoms with E-state index < -0.39 is 11.6 Å². The molecule has 0 atom stereocenters. The molecule has 1 amide bonds. The molecule has 0 unspecified atom stereocenters.